The van der Waals surface area contributed by atoms with Gasteiger partial charge in [-0.1, -0.05) is 24.3 Å². The summed E-state index contributed by atoms with van der Waals surface area (Å²) in [5.74, 6) is 3.32. The minimum absolute atomic E-state index is 0.149. The second kappa shape index (κ2) is 13.0. The van der Waals surface area contributed by atoms with Crippen LogP contribution in [0, 0.1) is 5.82 Å². The van der Waals surface area contributed by atoms with E-state index in [0.717, 1.165) is 5.56 Å². The van der Waals surface area contributed by atoms with Crippen molar-refractivity contribution in [2.24, 2.45) is 5.10 Å². The molecule has 1 aliphatic rings. The van der Waals surface area contributed by atoms with Crippen molar-refractivity contribution in [2.45, 2.75) is 11.2 Å². The predicted octanol–water partition coefficient (Wildman–Crippen LogP) is 6.18. The standard InChI is InChI=1S/C26H24BrFN2O4S2/c1-32-23-12-19(22(27)13-24(23)34-15-17-2-6-20(28)7-3-17)14-29-30-25(31)16-33-21-8-4-18(5-9-21)26-35-10-11-36-26/h2-9,12-14,26H,10-11,15-16H2,1H3,(H,30,31)/b29-14-. The maximum absolute atomic E-state index is 13.1. The summed E-state index contributed by atoms with van der Waals surface area (Å²) in [6.07, 6.45) is 1.50. The lowest BCUT2D eigenvalue weighted by Gasteiger charge is -2.13. The molecule has 0 bridgehead atoms. The van der Waals surface area contributed by atoms with E-state index in [1.54, 1.807) is 24.3 Å². The number of ether oxygens (including phenoxy) is 3. The van der Waals surface area contributed by atoms with Gasteiger partial charge in [-0.05, 0) is 63.5 Å². The average molecular weight is 592 g/mol. The fourth-order valence-electron chi connectivity index (χ4n) is 3.29. The molecule has 0 spiro atoms. The fourth-order valence-corrected chi connectivity index (χ4v) is 6.57. The summed E-state index contributed by atoms with van der Waals surface area (Å²) >= 11 is 7.38. The molecular formula is C26H24BrFN2O4S2. The lowest BCUT2D eigenvalue weighted by Crippen LogP contribution is -2.24. The largest absolute Gasteiger partial charge is 0.493 e. The Balaban J connectivity index is 1.28. The van der Waals surface area contributed by atoms with Gasteiger partial charge in [0, 0.05) is 21.5 Å². The monoisotopic (exact) mass is 590 g/mol. The highest BCUT2D eigenvalue weighted by molar-refractivity contribution is 9.10. The first-order valence-electron chi connectivity index (χ1n) is 11.0. The third-order valence-electron chi connectivity index (χ3n) is 5.13. The van der Waals surface area contributed by atoms with Gasteiger partial charge in [0.15, 0.2) is 18.1 Å². The van der Waals surface area contributed by atoms with Crippen LogP contribution in [-0.2, 0) is 11.4 Å². The van der Waals surface area contributed by atoms with E-state index in [9.17, 15) is 9.18 Å². The van der Waals surface area contributed by atoms with Crippen molar-refractivity contribution in [3.8, 4) is 17.2 Å². The fraction of sp³-hybridized carbons (Fsp3) is 0.231. The van der Waals surface area contributed by atoms with Crippen LogP contribution in [0.1, 0.15) is 21.3 Å². The van der Waals surface area contributed by atoms with Gasteiger partial charge in [0.1, 0.15) is 18.2 Å². The molecule has 1 fully saturated rings. The van der Waals surface area contributed by atoms with Crippen LogP contribution < -0.4 is 19.6 Å². The second-order valence-corrected chi connectivity index (χ2v) is 11.2. The average Bonchev–Trinajstić information content (AvgIpc) is 3.43. The van der Waals surface area contributed by atoms with Crippen LogP contribution in [0.5, 0.6) is 17.2 Å². The Hall–Kier alpha value is -2.69. The molecule has 0 radical (unpaired) electrons. The van der Waals surface area contributed by atoms with Gasteiger partial charge in [-0.25, -0.2) is 9.82 Å². The summed E-state index contributed by atoms with van der Waals surface area (Å²) in [7, 11) is 1.53. The third kappa shape index (κ3) is 7.41. The number of benzene rings is 3. The highest BCUT2D eigenvalue weighted by atomic mass is 79.9. The molecule has 0 unspecified atom stereocenters. The highest BCUT2D eigenvalue weighted by Gasteiger charge is 2.18. The molecule has 4 rings (SSSR count). The van der Waals surface area contributed by atoms with Gasteiger partial charge in [-0.2, -0.15) is 5.10 Å². The Morgan fingerprint density at radius 3 is 2.50 bits per heavy atom. The molecule has 1 heterocycles. The molecule has 188 valence electrons. The molecule has 0 saturated carbocycles. The Morgan fingerprint density at radius 1 is 1.08 bits per heavy atom. The summed E-state index contributed by atoms with van der Waals surface area (Å²) < 4.78 is 31.1. The summed E-state index contributed by atoms with van der Waals surface area (Å²) in [5, 5.41) is 4.02. The first-order chi connectivity index (χ1) is 17.5. The summed E-state index contributed by atoms with van der Waals surface area (Å²) in [5.41, 5.74) is 5.23. The number of carbonyl (C=O) groups is 1. The van der Waals surface area contributed by atoms with Crippen molar-refractivity contribution in [3.05, 3.63) is 87.6 Å². The molecule has 1 aliphatic heterocycles. The normalized spacial score (nSPS) is 13.6. The zero-order valence-electron chi connectivity index (χ0n) is 19.4. The maximum Gasteiger partial charge on any atom is 0.277 e. The zero-order valence-corrected chi connectivity index (χ0v) is 22.6. The molecule has 3 aromatic rings. The number of hydrazone groups is 1. The van der Waals surface area contributed by atoms with Crippen LogP contribution in [0.3, 0.4) is 0 Å². The number of halogens is 2. The lowest BCUT2D eigenvalue weighted by molar-refractivity contribution is -0.123. The Kier molecular flexibility index (Phi) is 9.54. The molecule has 3 aromatic carbocycles. The minimum Gasteiger partial charge on any atom is -0.493 e. The number of nitrogens with one attached hydrogen (secondary N) is 1. The number of carbonyl (C=O) groups excluding carboxylic acids is 1. The number of nitrogens with zero attached hydrogens (tertiary/aromatic N) is 1. The van der Waals surface area contributed by atoms with E-state index in [1.807, 2.05) is 47.8 Å². The Labute approximate surface area is 226 Å². The van der Waals surface area contributed by atoms with Crippen molar-refractivity contribution in [1.29, 1.82) is 0 Å². The van der Waals surface area contributed by atoms with Gasteiger partial charge in [0.2, 0.25) is 0 Å². The highest BCUT2D eigenvalue weighted by Crippen LogP contribution is 2.45. The second-order valence-electron chi connectivity index (χ2n) is 7.66. The van der Waals surface area contributed by atoms with Crippen molar-refractivity contribution in [2.75, 3.05) is 25.2 Å². The predicted molar refractivity (Wildman–Crippen MR) is 147 cm³/mol. The molecule has 36 heavy (non-hydrogen) atoms. The molecule has 10 heteroatoms. The van der Waals surface area contributed by atoms with Crippen LogP contribution in [-0.4, -0.2) is 37.3 Å². The van der Waals surface area contributed by atoms with Crippen LogP contribution in [0.15, 0.2) is 70.2 Å². The van der Waals surface area contributed by atoms with Crippen LogP contribution in [0.2, 0.25) is 0 Å². The molecular weight excluding hydrogens is 567 g/mol. The smallest absolute Gasteiger partial charge is 0.277 e. The van der Waals surface area contributed by atoms with Crippen molar-refractivity contribution in [3.63, 3.8) is 0 Å². The summed E-state index contributed by atoms with van der Waals surface area (Å²) in [6, 6.07) is 17.4. The minimum atomic E-state index is -0.375. The van der Waals surface area contributed by atoms with E-state index in [0.29, 0.717) is 31.9 Å². The summed E-state index contributed by atoms with van der Waals surface area (Å²) in [4.78, 5) is 12.1. The molecule has 6 nitrogen and oxygen atoms in total. The van der Waals surface area contributed by atoms with Gasteiger partial charge in [0.25, 0.3) is 5.91 Å². The van der Waals surface area contributed by atoms with Gasteiger partial charge < -0.3 is 14.2 Å². The van der Waals surface area contributed by atoms with Crippen LogP contribution in [0.4, 0.5) is 4.39 Å². The molecule has 0 atom stereocenters. The number of hydrogen-bond donors (Lipinski definition) is 1. The number of hydrogen-bond acceptors (Lipinski definition) is 7. The molecule has 1 amide bonds. The third-order valence-corrected chi connectivity index (χ3v) is 8.92. The SMILES string of the molecule is COc1cc(/C=N\NC(=O)COc2ccc(C3SCCS3)cc2)c(Br)cc1OCc1ccc(F)cc1. The number of amides is 1. The molecule has 1 N–H and O–H groups in total. The molecule has 0 aliphatic carbocycles. The van der Waals surface area contributed by atoms with E-state index < -0.39 is 0 Å². The number of methoxy groups -OCH3 is 1. The van der Waals surface area contributed by atoms with Crippen LogP contribution in [0.25, 0.3) is 0 Å². The van der Waals surface area contributed by atoms with Gasteiger partial charge in [-0.15, -0.1) is 23.5 Å². The van der Waals surface area contributed by atoms with E-state index >= 15 is 0 Å². The van der Waals surface area contributed by atoms with Gasteiger partial charge >= 0.3 is 0 Å². The van der Waals surface area contributed by atoms with Crippen LogP contribution >= 0.6 is 39.5 Å². The first kappa shape index (κ1) is 26.4. The van der Waals surface area contributed by atoms with E-state index in [-0.39, 0.29) is 24.9 Å². The van der Waals surface area contributed by atoms with Crippen molar-refractivity contribution < 1.29 is 23.4 Å². The zero-order chi connectivity index (χ0) is 25.3. The van der Waals surface area contributed by atoms with Crippen molar-refractivity contribution in [1.82, 2.24) is 5.43 Å². The van der Waals surface area contributed by atoms with E-state index in [1.165, 1.54) is 42.5 Å². The molecule has 1 saturated heterocycles. The topological polar surface area (TPSA) is 69.2 Å². The number of thioether (sulfide) groups is 2. The van der Waals surface area contributed by atoms with E-state index in [4.69, 9.17) is 14.2 Å². The van der Waals surface area contributed by atoms with Crippen molar-refractivity contribution >= 4 is 51.6 Å². The first-order valence-corrected chi connectivity index (χ1v) is 13.9. The molecule has 0 aromatic heterocycles. The Morgan fingerprint density at radius 2 is 1.81 bits per heavy atom. The lowest BCUT2D eigenvalue weighted by atomic mass is 10.2. The van der Waals surface area contributed by atoms with E-state index in [2.05, 4.69) is 26.5 Å². The maximum atomic E-state index is 13.1. The number of rotatable bonds is 10. The van der Waals surface area contributed by atoms with Gasteiger partial charge in [0.05, 0.1) is 17.9 Å². The van der Waals surface area contributed by atoms with Gasteiger partial charge in [-0.3, -0.25) is 4.79 Å². The summed E-state index contributed by atoms with van der Waals surface area (Å²) in [6.45, 7) is 0.109. The quantitative estimate of drug-likeness (QED) is 0.224. The Bertz CT molecular complexity index is 1200.